The van der Waals surface area contributed by atoms with Crippen molar-refractivity contribution in [3.63, 3.8) is 0 Å². The first-order chi connectivity index (χ1) is 6.40. The van der Waals surface area contributed by atoms with E-state index >= 15 is 0 Å². The van der Waals surface area contributed by atoms with Crippen molar-refractivity contribution >= 4 is 0 Å². The largest absolute Gasteiger partial charge is 0.376 e. The third-order valence-electron chi connectivity index (χ3n) is 2.24. The lowest BCUT2D eigenvalue weighted by molar-refractivity contribution is 0.109. The average Bonchev–Trinajstić information content (AvgIpc) is 2.18. The molecule has 2 heterocycles. The molecule has 0 aromatic carbocycles. The molecule has 13 heavy (non-hydrogen) atoms. The molecule has 0 spiro atoms. The highest BCUT2D eigenvalue weighted by Crippen LogP contribution is 2.15. The maximum Gasteiger partial charge on any atom is 0.0734 e. The maximum absolute atomic E-state index is 5.37. The lowest BCUT2D eigenvalue weighted by Gasteiger charge is -2.15. The van der Waals surface area contributed by atoms with Gasteiger partial charge in [-0.25, -0.2) is 0 Å². The second-order valence-electron chi connectivity index (χ2n) is 3.28. The van der Waals surface area contributed by atoms with Crippen LogP contribution in [-0.4, -0.2) is 18.6 Å². The highest BCUT2D eigenvalue weighted by Gasteiger charge is 2.10. The summed E-state index contributed by atoms with van der Waals surface area (Å²) in [6.45, 7) is 2.41. The van der Waals surface area contributed by atoms with Gasteiger partial charge in [-0.05, 0) is 24.2 Å². The fourth-order valence-corrected chi connectivity index (χ4v) is 1.59. The number of hydrogen-bond acceptors (Lipinski definition) is 3. The summed E-state index contributed by atoms with van der Waals surface area (Å²) in [4.78, 5) is 4.42. The molecule has 1 N–H and O–H groups in total. The lowest BCUT2D eigenvalue weighted by Crippen LogP contribution is -2.13. The molecule has 1 aromatic heterocycles. The van der Waals surface area contributed by atoms with Gasteiger partial charge in [0.25, 0.3) is 0 Å². The molecule has 0 bridgehead atoms. The maximum atomic E-state index is 5.37. The van der Waals surface area contributed by atoms with Crippen LogP contribution < -0.4 is 5.32 Å². The number of fused-ring (bicyclic) bond motifs is 1. The Balaban J connectivity index is 2.24. The van der Waals surface area contributed by atoms with Gasteiger partial charge in [0.15, 0.2) is 0 Å². The predicted octanol–water partition coefficient (Wildman–Crippen LogP) is 0.874. The summed E-state index contributed by atoms with van der Waals surface area (Å²) >= 11 is 0. The van der Waals surface area contributed by atoms with Crippen molar-refractivity contribution in [1.29, 1.82) is 0 Å². The van der Waals surface area contributed by atoms with E-state index in [1.807, 2.05) is 13.2 Å². The van der Waals surface area contributed by atoms with E-state index in [0.717, 1.165) is 26.2 Å². The number of rotatable bonds is 2. The summed E-state index contributed by atoms with van der Waals surface area (Å²) in [5.41, 5.74) is 3.68. The van der Waals surface area contributed by atoms with Crippen LogP contribution in [0.2, 0.25) is 0 Å². The van der Waals surface area contributed by atoms with E-state index in [-0.39, 0.29) is 0 Å². The van der Waals surface area contributed by atoms with E-state index in [0.29, 0.717) is 0 Å². The number of ether oxygens (including phenoxy) is 1. The van der Waals surface area contributed by atoms with E-state index in [9.17, 15) is 0 Å². The Morgan fingerprint density at radius 1 is 1.62 bits per heavy atom. The fraction of sp³-hybridized carbons (Fsp3) is 0.500. The van der Waals surface area contributed by atoms with Crippen LogP contribution in [0.3, 0.4) is 0 Å². The molecule has 70 valence electrons. The number of pyridine rings is 1. The van der Waals surface area contributed by atoms with Crippen molar-refractivity contribution < 1.29 is 4.74 Å². The number of hydrogen-bond donors (Lipinski definition) is 1. The summed E-state index contributed by atoms with van der Waals surface area (Å²) < 4.78 is 5.37. The summed E-state index contributed by atoms with van der Waals surface area (Å²) in [6.07, 6.45) is 2.90. The Hall–Kier alpha value is -0.930. The van der Waals surface area contributed by atoms with Crippen molar-refractivity contribution in [3.8, 4) is 0 Å². The van der Waals surface area contributed by atoms with E-state index in [2.05, 4.69) is 16.4 Å². The second kappa shape index (κ2) is 3.85. The minimum absolute atomic E-state index is 0.722. The summed E-state index contributed by atoms with van der Waals surface area (Å²) in [7, 11) is 1.94. The smallest absolute Gasteiger partial charge is 0.0734 e. The quantitative estimate of drug-likeness (QED) is 0.729. The van der Waals surface area contributed by atoms with Crippen LogP contribution in [0, 0.1) is 0 Å². The monoisotopic (exact) mass is 178 g/mol. The molecule has 0 saturated carbocycles. The van der Waals surface area contributed by atoms with Gasteiger partial charge in [-0.3, -0.25) is 4.98 Å². The first kappa shape index (κ1) is 8.66. The van der Waals surface area contributed by atoms with Crippen LogP contribution in [0.5, 0.6) is 0 Å². The Bertz CT molecular complexity index is 299. The van der Waals surface area contributed by atoms with Gasteiger partial charge in [0.1, 0.15) is 0 Å². The van der Waals surface area contributed by atoms with E-state index < -0.39 is 0 Å². The molecule has 0 amide bonds. The van der Waals surface area contributed by atoms with Crippen molar-refractivity contribution in [2.75, 3.05) is 13.7 Å². The zero-order chi connectivity index (χ0) is 9.10. The van der Waals surface area contributed by atoms with Gasteiger partial charge in [-0.1, -0.05) is 0 Å². The first-order valence-corrected chi connectivity index (χ1v) is 4.59. The zero-order valence-electron chi connectivity index (χ0n) is 7.84. The van der Waals surface area contributed by atoms with Crippen molar-refractivity contribution in [2.24, 2.45) is 0 Å². The van der Waals surface area contributed by atoms with Crippen LogP contribution in [0.15, 0.2) is 12.3 Å². The topological polar surface area (TPSA) is 34.2 Å². The molecule has 0 saturated heterocycles. The molecule has 3 heteroatoms. The van der Waals surface area contributed by atoms with Gasteiger partial charge >= 0.3 is 0 Å². The van der Waals surface area contributed by atoms with Crippen LogP contribution in [0.4, 0.5) is 0 Å². The van der Waals surface area contributed by atoms with Gasteiger partial charge in [-0.2, -0.15) is 0 Å². The third kappa shape index (κ3) is 1.87. The molecular weight excluding hydrogens is 164 g/mol. The zero-order valence-corrected chi connectivity index (χ0v) is 7.84. The summed E-state index contributed by atoms with van der Waals surface area (Å²) in [5, 5.41) is 3.11. The molecule has 1 aromatic rings. The summed E-state index contributed by atoms with van der Waals surface area (Å²) in [5.74, 6) is 0. The number of nitrogens with one attached hydrogen (secondary N) is 1. The highest BCUT2D eigenvalue weighted by molar-refractivity contribution is 5.26. The minimum Gasteiger partial charge on any atom is -0.376 e. The Labute approximate surface area is 78.1 Å². The second-order valence-corrected chi connectivity index (χ2v) is 3.28. The molecule has 0 atom stereocenters. The SMILES string of the molecule is CNCc1cnc2c(c1)COCC2. The minimum atomic E-state index is 0.722. The Morgan fingerprint density at radius 2 is 2.54 bits per heavy atom. The van der Waals surface area contributed by atoms with Gasteiger partial charge in [0, 0.05) is 24.9 Å². The molecule has 1 aliphatic heterocycles. The van der Waals surface area contributed by atoms with Crippen molar-refractivity contribution in [2.45, 2.75) is 19.6 Å². The predicted molar refractivity (Wildman–Crippen MR) is 50.4 cm³/mol. The summed E-state index contributed by atoms with van der Waals surface area (Å²) in [6, 6.07) is 2.18. The Kier molecular flexibility index (Phi) is 2.57. The Morgan fingerprint density at radius 3 is 3.38 bits per heavy atom. The van der Waals surface area contributed by atoms with Gasteiger partial charge in [0.05, 0.1) is 13.2 Å². The molecule has 1 aliphatic rings. The van der Waals surface area contributed by atoms with E-state index in [1.54, 1.807) is 0 Å². The van der Waals surface area contributed by atoms with Crippen LogP contribution in [0.25, 0.3) is 0 Å². The number of aromatic nitrogens is 1. The fourth-order valence-electron chi connectivity index (χ4n) is 1.59. The molecule has 3 nitrogen and oxygen atoms in total. The number of nitrogens with zero attached hydrogens (tertiary/aromatic N) is 1. The lowest BCUT2D eigenvalue weighted by atomic mass is 10.1. The molecule has 0 unspecified atom stereocenters. The van der Waals surface area contributed by atoms with E-state index in [4.69, 9.17) is 4.74 Å². The van der Waals surface area contributed by atoms with Gasteiger partial charge in [-0.15, -0.1) is 0 Å². The standard InChI is InChI=1S/C10H14N2O/c1-11-5-8-4-9-7-13-3-2-10(9)12-6-8/h4,6,11H,2-3,5,7H2,1H3. The van der Waals surface area contributed by atoms with Crippen LogP contribution in [0.1, 0.15) is 16.8 Å². The third-order valence-corrected chi connectivity index (χ3v) is 2.24. The normalized spacial score (nSPS) is 15.5. The average molecular weight is 178 g/mol. The highest BCUT2D eigenvalue weighted by atomic mass is 16.5. The molecular formula is C10H14N2O. The van der Waals surface area contributed by atoms with Crippen molar-refractivity contribution in [3.05, 3.63) is 29.1 Å². The van der Waals surface area contributed by atoms with Crippen LogP contribution >= 0.6 is 0 Å². The van der Waals surface area contributed by atoms with E-state index in [1.165, 1.54) is 16.8 Å². The molecule has 0 fully saturated rings. The molecule has 2 rings (SSSR count). The van der Waals surface area contributed by atoms with Gasteiger partial charge in [0.2, 0.25) is 0 Å². The molecule has 0 radical (unpaired) electrons. The first-order valence-electron chi connectivity index (χ1n) is 4.59. The van der Waals surface area contributed by atoms with Crippen LogP contribution in [-0.2, 0) is 24.3 Å². The molecule has 0 aliphatic carbocycles. The van der Waals surface area contributed by atoms with Gasteiger partial charge < -0.3 is 10.1 Å². The van der Waals surface area contributed by atoms with Crippen molar-refractivity contribution in [1.82, 2.24) is 10.3 Å².